The molecular weight excluding hydrogens is 308 g/mol. The van der Waals surface area contributed by atoms with Gasteiger partial charge in [0.25, 0.3) is 5.91 Å². The summed E-state index contributed by atoms with van der Waals surface area (Å²) in [6.07, 6.45) is 4.40. The summed E-state index contributed by atoms with van der Waals surface area (Å²) in [5.41, 5.74) is 0.670. The second-order valence-electron chi connectivity index (χ2n) is 6.18. The Bertz CT molecular complexity index is 669. The third-order valence-corrected chi connectivity index (χ3v) is 4.43. The summed E-state index contributed by atoms with van der Waals surface area (Å²) in [5.74, 6) is 0.890. The Morgan fingerprint density at radius 3 is 2.83 bits per heavy atom. The maximum absolute atomic E-state index is 12.5. The summed E-state index contributed by atoms with van der Waals surface area (Å²) in [7, 11) is 1.67. The molecule has 1 fully saturated rings. The number of carbonyl (C=O) groups is 1. The molecule has 0 aliphatic carbocycles. The molecule has 2 aromatic rings. The van der Waals surface area contributed by atoms with Gasteiger partial charge in [0.05, 0.1) is 12.7 Å². The van der Waals surface area contributed by atoms with Gasteiger partial charge in [-0.1, -0.05) is 17.7 Å². The zero-order valence-corrected chi connectivity index (χ0v) is 14.0. The lowest BCUT2D eigenvalue weighted by Crippen LogP contribution is -2.54. The van der Waals surface area contributed by atoms with Crippen LogP contribution in [0.3, 0.4) is 0 Å². The quantitative estimate of drug-likeness (QED) is 0.843. The van der Waals surface area contributed by atoms with Crippen LogP contribution in [0.25, 0.3) is 0 Å². The van der Waals surface area contributed by atoms with E-state index in [1.807, 2.05) is 31.2 Å². The first-order valence-electron chi connectivity index (χ1n) is 8.04. The molecule has 6 nitrogen and oxygen atoms in total. The van der Waals surface area contributed by atoms with Gasteiger partial charge >= 0.3 is 0 Å². The first-order valence-corrected chi connectivity index (χ1v) is 8.04. The highest BCUT2D eigenvalue weighted by Gasteiger charge is 2.39. The minimum absolute atomic E-state index is 0.163. The van der Waals surface area contributed by atoms with Gasteiger partial charge in [-0.3, -0.25) is 4.79 Å². The molecule has 1 aliphatic heterocycles. The van der Waals surface area contributed by atoms with Crippen molar-refractivity contribution in [1.82, 2.24) is 9.88 Å². The Kier molecular flexibility index (Phi) is 4.85. The number of ether oxygens (including phenoxy) is 2. The van der Waals surface area contributed by atoms with Crippen LogP contribution >= 0.6 is 0 Å². The number of aromatic nitrogens is 1. The fourth-order valence-electron chi connectivity index (χ4n) is 2.94. The number of carbonyl (C=O) groups excluding carboxylic acids is 1. The van der Waals surface area contributed by atoms with Gasteiger partial charge in [0.1, 0.15) is 18.0 Å². The fourth-order valence-corrected chi connectivity index (χ4v) is 2.94. The van der Waals surface area contributed by atoms with Gasteiger partial charge in [0.15, 0.2) is 6.39 Å². The van der Waals surface area contributed by atoms with Crippen molar-refractivity contribution in [3.05, 3.63) is 48.2 Å². The molecule has 0 radical (unpaired) electrons. The SMILES string of the molecule is COC1(COc2ccc(C)cc2)CCCN(C(=O)c2cnco2)C1. The molecule has 3 rings (SSSR count). The lowest BCUT2D eigenvalue weighted by molar-refractivity contribution is -0.0828. The second-order valence-corrected chi connectivity index (χ2v) is 6.18. The first-order chi connectivity index (χ1) is 11.6. The molecule has 2 heterocycles. The van der Waals surface area contributed by atoms with E-state index in [1.165, 1.54) is 18.2 Å². The zero-order valence-electron chi connectivity index (χ0n) is 14.0. The molecule has 1 unspecified atom stereocenters. The van der Waals surface area contributed by atoms with Crippen molar-refractivity contribution >= 4 is 5.91 Å². The van der Waals surface area contributed by atoms with Crippen LogP contribution in [-0.2, 0) is 4.74 Å². The number of methoxy groups -OCH3 is 1. The highest BCUT2D eigenvalue weighted by Crippen LogP contribution is 2.27. The normalized spacial score (nSPS) is 20.8. The van der Waals surface area contributed by atoms with E-state index in [1.54, 1.807) is 12.0 Å². The minimum atomic E-state index is -0.515. The molecule has 24 heavy (non-hydrogen) atoms. The molecule has 0 saturated carbocycles. The van der Waals surface area contributed by atoms with Crippen LogP contribution in [0.15, 0.2) is 41.3 Å². The van der Waals surface area contributed by atoms with Crippen LogP contribution in [0.2, 0.25) is 0 Å². The Hall–Kier alpha value is -2.34. The molecule has 0 spiro atoms. The minimum Gasteiger partial charge on any atom is -0.491 e. The third kappa shape index (κ3) is 3.59. The molecule has 1 aliphatic rings. The van der Waals surface area contributed by atoms with Crippen molar-refractivity contribution < 1.29 is 18.7 Å². The summed E-state index contributed by atoms with van der Waals surface area (Å²) in [5, 5.41) is 0. The Balaban J connectivity index is 1.67. The molecule has 1 saturated heterocycles. The van der Waals surface area contributed by atoms with Gasteiger partial charge in [0.2, 0.25) is 5.76 Å². The van der Waals surface area contributed by atoms with E-state index in [4.69, 9.17) is 13.9 Å². The largest absolute Gasteiger partial charge is 0.491 e. The Morgan fingerprint density at radius 2 is 2.17 bits per heavy atom. The lowest BCUT2D eigenvalue weighted by atomic mass is 9.93. The number of likely N-dealkylation sites (tertiary alicyclic amines) is 1. The molecular formula is C18H22N2O4. The summed E-state index contributed by atoms with van der Waals surface area (Å²) in [6.45, 7) is 3.57. The number of piperidine rings is 1. The molecule has 128 valence electrons. The molecule has 1 aromatic heterocycles. The van der Waals surface area contributed by atoms with Gasteiger partial charge < -0.3 is 18.8 Å². The summed E-state index contributed by atoms with van der Waals surface area (Å²) in [4.78, 5) is 18.0. The number of oxazole rings is 1. The number of rotatable bonds is 5. The van der Waals surface area contributed by atoms with Gasteiger partial charge in [-0.05, 0) is 31.9 Å². The van der Waals surface area contributed by atoms with E-state index in [-0.39, 0.29) is 11.7 Å². The maximum Gasteiger partial charge on any atom is 0.291 e. The van der Waals surface area contributed by atoms with Gasteiger partial charge in [-0.25, -0.2) is 4.98 Å². The van der Waals surface area contributed by atoms with Crippen LogP contribution in [0, 0.1) is 6.92 Å². The van der Waals surface area contributed by atoms with E-state index in [0.29, 0.717) is 19.7 Å². The van der Waals surface area contributed by atoms with E-state index >= 15 is 0 Å². The van der Waals surface area contributed by atoms with Crippen molar-refractivity contribution in [2.24, 2.45) is 0 Å². The number of aryl methyl sites for hydroxylation is 1. The lowest BCUT2D eigenvalue weighted by Gasteiger charge is -2.41. The van der Waals surface area contributed by atoms with Crippen LogP contribution < -0.4 is 4.74 Å². The molecule has 6 heteroatoms. The molecule has 1 aromatic carbocycles. The average molecular weight is 330 g/mol. The van der Waals surface area contributed by atoms with Gasteiger partial charge in [0, 0.05) is 13.7 Å². The fraction of sp³-hybridized carbons (Fsp3) is 0.444. The number of benzene rings is 1. The van der Waals surface area contributed by atoms with E-state index in [9.17, 15) is 4.79 Å². The van der Waals surface area contributed by atoms with Crippen molar-refractivity contribution in [2.45, 2.75) is 25.4 Å². The van der Waals surface area contributed by atoms with E-state index in [0.717, 1.165) is 18.6 Å². The van der Waals surface area contributed by atoms with Gasteiger partial charge in [-0.15, -0.1) is 0 Å². The molecule has 0 bridgehead atoms. The number of nitrogens with zero attached hydrogens (tertiary/aromatic N) is 2. The monoisotopic (exact) mass is 330 g/mol. The summed E-state index contributed by atoms with van der Waals surface area (Å²) >= 11 is 0. The number of hydrogen-bond donors (Lipinski definition) is 0. The second kappa shape index (κ2) is 7.05. The zero-order chi connectivity index (χ0) is 17.0. The Labute approximate surface area is 141 Å². The number of amides is 1. The maximum atomic E-state index is 12.5. The van der Waals surface area contributed by atoms with Crippen molar-refractivity contribution in [3.8, 4) is 5.75 Å². The number of hydrogen-bond acceptors (Lipinski definition) is 5. The van der Waals surface area contributed by atoms with Crippen molar-refractivity contribution in [3.63, 3.8) is 0 Å². The first kappa shape index (κ1) is 16.5. The topological polar surface area (TPSA) is 64.8 Å². The smallest absolute Gasteiger partial charge is 0.291 e. The van der Waals surface area contributed by atoms with E-state index in [2.05, 4.69) is 4.98 Å². The van der Waals surface area contributed by atoms with Crippen molar-refractivity contribution in [1.29, 1.82) is 0 Å². The van der Waals surface area contributed by atoms with Crippen LogP contribution in [0.1, 0.15) is 29.0 Å². The Morgan fingerprint density at radius 1 is 1.38 bits per heavy atom. The highest BCUT2D eigenvalue weighted by atomic mass is 16.5. The van der Waals surface area contributed by atoms with Crippen molar-refractivity contribution in [2.75, 3.05) is 26.8 Å². The van der Waals surface area contributed by atoms with Crippen LogP contribution in [0.4, 0.5) is 0 Å². The summed E-state index contributed by atoms with van der Waals surface area (Å²) < 4.78 is 16.8. The third-order valence-electron chi connectivity index (χ3n) is 4.43. The van der Waals surface area contributed by atoms with Crippen LogP contribution in [-0.4, -0.2) is 48.2 Å². The van der Waals surface area contributed by atoms with Crippen LogP contribution in [0.5, 0.6) is 5.75 Å². The predicted octanol–water partition coefficient (Wildman–Crippen LogP) is 2.68. The molecule has 1 atom stereocenters. The van der Waals surface area contributed by atoms with Gasteiger partial charge in [-0.2, -0.15) is 0 Å². The average Bonchev–Trinajstić information content (AvgIpc) is 3.15. The summed E-state index contributed by atoms with van der Waals surface area (Å²) in [6, 6.07) is 7.91. The van der Waals surface area contributed by atoms with E-state index < -0.39 is 5.60 Å². The predicted molar refractivity (Wildman–Crippen MR) is 88.1 cm³/mol. The standard InChI is InChI=1S/C18H22N2O4/c1-14-4-6-15(7-5-14)23-12-18(22-2)8-3-9-20(11-18)17(21)16-10-19-13-24-16/h4-7,10,13H,3,8-9,11-12H2,1-2H3. The highest BCUT2D eigenvalue weighted by molar-refractivity contribution is 5.91. The molecule has 1 amide bonds. The molecule has 0 N–H and O–H groups in total.